The average molecular weight is 178 g/mol. The molecule has 2 N–H and O–H groups in total. The summed E-state index contributed by atoms with van der Waals surface area (Å²) in [6.07, 6.45) is 5.65. The fourth-order valence-corrected chi connectivity index (χ4v) is 1.35. The zero-order valence-electron chi connectivity index (χ0n) is 7.57. The van der Waals surface area contributed by atoms with Crippen LogP contribution in [0.4, 0.5) is 5.82 Å². The third kappa shape index (κ3) is 2.11. The van der Waals surface area contributed by atoms with Crippen molar-refractivity contribution in [3.05, 3.63) is 18.3 Å². The second kappa shape index (κ2) is 3.64. The van der Waals surface area contributed by atoms with E-state index in [1.807, 2.05) is 6.07 Å². The highest BCUT2D eigenvalue weighted by Crippen LogP contribution is 2.26. The molecule has 0 amide bonds. The molecule has 1 aromatic heterocycles. The number of aromatic nitrogens is 1. The van der Waals surface area contributed by atoms with Gasteiger partial charge < -0.3 is 10.5 Å². The minimum absolute atomic E-state index is 0.538. The van der Waals surface area contributed by atoms with Crippen molar-refractivity contribution in [2.75, 3.05) is 12.3 Å². The van der Waals surface area contributed by atoms with Crippen LogP contribution in [0.2, 0.25) is 0 Å². The number of hydrogen-bond donors (Lipinski definition) is 1. The smallest absolute Gasteiger partial charge is 0.137 e. The van der Waals surface area contributed by atoms with Crippen molar-refractivity contribution in [2.45, 2.75) is 19.3 Å². The molecule has 1 aliphatic carbocycles. The first-order valence-electron chi connectivity index (χ1n) is 4.69. The molecule has 0 aliphatic heterocycles. The summed E-state index contributed by atoms with van der Waals surface area (Å²) in [5.74, 6) is 2.12. The van der Waals surface area contributed by atoms with Crippen LogP contribution in [0.5, 0.6) is 5.75 Å². The van der Waals surface area contributed by atoms with Crippen LogP contribution in [-0.2, 0) is 0 Å². The normalized spacial score (nSPS) is 16.6. The third-order valence-corrected chi connectivity index (χ3v) is 2.47. The Labute approximate surface area is 77.9 Å². The summed E-state index contributed by atoms with van der Waals surface area (Å²) in [6, 6.07) is 3.62. The maximum absolute atomic E-state index is 5.55. The number of nitrogen functional groups attached to an aromatic ring is 1. The molecule has 0 radical (unpaired) electrons. The van der Waals surface area contributed by atoms with Crippen LogP contribution in [0.1, 0.15) is 19.3 Å². The van der Waals surface area contributed by atoms with Gasteiger partial charge in [0, 0.05) is 0 Å². The van der Waals surface area contributed by atoms with E-state index in [0.29, 0.717) is 5.82 Å². The van der Waals surface area contributed by atoms with Crippen molar-refractivity contribution in [2.24, 2.45) is 5.92 Å². The first-order chi connectivity index (χ1) is 6.34. The van der Waals surface area contributed by atoms with E-state index in [4.69, 9.17) is 10.5 Å². The molecule has 13 heavy (non-hydrogen) atoms. The average Bonchev–Trinajstić information content (AvgIpc) is 2.05. The largest absolute Gasteiger partial charge is 0.492 e. The predicted molar refractivity (Wildman–Crippen MR) is 51.5 cm³/mol. The van der Waals surface area contributed by atoms with Gasteiger partial charge in [-0.15, -0.1) is 0 Å². The van der Waals surface area contributed by atoms with Gasteiger partial charge in [-0.05, 0) is 30.9 Å². The standard InChI is InChI=1S/C10H14N2O/c11-10-5-4-9(6-12-10)13-7-8-2-1-3-8/h4-6,8H,1-3,7H2,(H2,11,12). The van der Waals surface area contributed by atoms with Crippen LogP contribution in [0.3, 0.4) is 0 Å². The molecular weight excluding hydrogens is 164 g/mol. The Morgan fingerprint density at radius 1 is 1.46 bits per heavy atom. The molecule has 0 unspecified atom stereocenters. The SMILES string of the molecule is Nc1ccc(OCC2CCC2)cn1. The Bertz CT molecular complexity index is 267. The lowest BCUT2D eigenvalue weighted by molar-refractivity contribution is 0.180. The van der Waals surface area contributed by atoms with Crippen molar-refractivity contribution in [1.29, 1.82) is 0 Å². The van der Waals surface area contributed by atoms with Crippen LogP contribution in [-0.4, -0.2) is 11.6 Å². The summed E-state index contributed by atoms with van der Waals surface area (Å²) in [4.78, 5) is 3.95. The Balaban J connectivity index is 1.83. The first-order valence-corrected chi connectivity index (χ1v) is 4.69. The highest BCUT2D eigenvalue weighted by Gasteiger charge is 2.17. The minimum atomic E-state index is 0.538. The van der Waals surface area contributed by atoms with E-state index in [0.717, 1.165) is 18.3 Å². The van der Waals surface area contributed by atoms with Gasteiger partial charge in [0.2, 0.25) is 0 Å². The highest BCUT2D eigenvalue weighted by atomic mass is 16.5. The van der Waals surface area contributed by atoms with Crippen molar-refractivity contribution in [1.82, 2.24) is 4.98 Å². The van der Waals surface area contributed by atoms with Gasteiger partial charge in [-0.1, -0.05) is 6.42 Å². The van der Waals surface area contributed by atoms with Gasteiger partial charge in [0.1, 0.15) is 11.6 Å². The van der Waals surface area contributed by atoms with Crippen LogP contribution in [0.15, 0.2) is 18.3 Å². The molecule has 1 aliphatic rings. The lowest BCUT2D eigenvalue weighted by atomic mass is 9.86. The molecule has 3 nitrogen and oxygen atoms in total. The molecule has 0 spiro atoms. The monoisotopic (exact) mass is 178 g/mol. The zero-order valence-corrected chi connectivity index (χ0v) is 7.57. The highest BCUT2D eigenvalue weighted by molar-refractivity contribution is 5.32. The molecule has 0 saturated heterocycles. The van der Waals surface area contributed by atoms with E-state index in [-0.39, 0.29) is 0 Å². The topological polar surface area (TPSA) is 48.1 Å². The summed E-state index contributed by atoms with van der Waals surface area (Å²) in [6.45, 7) is 0.825. The van der Waals surface area contributed by atoms with Crippen molar-refractivity contribution < 1.29 is 4.74 Å². The Kier molecular flexibility index (Phi) is 2.34. The number of nitrogens with zero attached hydrogens (tertiary/aromatic N) is 1. The van der Waals surface area contributed by atoms with Crippen molar-refractivity contribution >= 4 is 5.82 Å². The van der Waals surface area contributed by atoms with E-state index in [2.05, 4.69) is 4.98 Å². The third-order valence-electron chi connectivity index (χ3n) is 2.47. The molecule has 1 saturated carbocycles. The molecule has 0 atom stereocenters. The lowest BCUT2D eigenvalue weighted by Crippen LogP contribution is -2.19. The number of rotatable bonds is 3. The maximum atomic E-state index is 5.55. The van der Waals surface area contributed by atoms with Crippen LogP contribution in [0, 0.1) is 5.92 Å². The molecular formula is C10H14N2O. The van der Waals surface area contributed by atoms with E-state index < -0.39 is 0 Å². The summed E-state index contributed by atoms with van der Waals surface area (Å²) < 4.78 is 5.55. The molecule has 3 heteroatoms. The van der Waals surface area contributed by atoms with E-state index in [1.165, 1.54) is 19.3 Å². The van der Waals surface area contributed by atoms with E-state index in [9.17, 15) is 0 Å². The van der Waals surface area contributed by atoms with Crippen LogP contribution in [0.25, 0.3) is 0 Å². The van der Waals surface area contributed by atoms with Crippen molar-refractivity contribution in [3.63, 3.8) is 0 Å². The summed E-state index contributed by atoms with van der Waals surface area (Å²) in [7, 11) is 0. The molecule has 1 fully saturated rings. The van der Waals surface area contributed by atoms with Gasteiger partial charge in [-0.3, -0.25) is 0 Å². The van der Waals surface area contributed by atoms with Gasteiger partial charge in [0.15, 0.2) is 0 Å². The molecule has 70 valence electrons. The molecule has 0 aromatic carbocycles. The van der Waals surface area contributed by atoms with Gasteiger partial charge >= 0.3 is 0 Å². The summed E-state index contributed by atoms with van der Waals surface area (Å²) in [5, 5.41) is 0. The van der Waals surface area contributed by atoms with Crippen LogP contribution >= 0.6 is 0 Å². The Hall–Kier alpha value is -1.25. The second-order valence-corrected chi connectivity index (χ2v) is 3.53. The van der Waals surface area contributed by atoms with E-state index in [1.54, 1.807) is 12.3 Å². The lowest BCUT2D eigenvalue weighted by Gasteiger charge is -2.24. The molecule has 1 aromatic rings. The maximum Gasteiger partial charge on any atom is 0.137 e. The first kappa shape index (κ1) is 8.35. The fourth-order valence-electron chi connectivity index (χ4n) is 1.35. The van der Waals surface area contributed by atoms with Crippen LogP contribution < -0.4 is 10.5 Å². The van der Waals surface area contributed by atoms with Gasteiger partial charge in [-0.25, -0.2) is 4.98 Å². The summed E-state index contributed by atoms with van der Waals surface area (Å²) in [5.41, 5.74) is 5.45. The van der Waals surface area contributed by atoms with Crippen molar-refractivity contribution in [3.8, 4) is 5.75 Å². The van der Waals surface area contributed by atoms with Gasteiger partial charge in [0.25, 0.3) is 0 Å². The molecule has 0 bridgehead atoms. The quantitative estimate of drug-likeness (QED) is 0.768. The van der Waals surface area contributed by atoms with E-state index >= 15 is 0 Å². The number of anilines is 1. The number of ether oxygens (including phenoxy) is 1. The van der Waals surface area contributed by atoms with Gasteiger partial charge in [-0.2, -0.15) is 0 Å². The number of nitrogens with two attached hydrogens (primary N) is 1. The fraction of sp³-hybridized carbons (Fsp3) is 0.500. The number of pyridine rings is 1. The van der Waals surface area contributed by atoms with Gasteiger partial charge in [0.05, 0.1) is 12.8 Å². The molecule has 2 rings (SSSR count). The zero-order chi connectivity index (χ0) is 9.10. The molecule has 1 heterocycles. The Morgan fingerprint density at radius 3 is 2.85 bits per heavy atom. The minimum Gasteiger partial charge on any atom is -0.492 e. The second-order valence-electron chi connectivity index (χ2n) is 3.53. The number of hydrogen-bond acceptors (Lipinski definition) is 3. The Morgan fingerprint density at radius 2 is 2.31 bits per heavy atom. The summed E-state index contributed by atoms with van der Waals surface area (Å²) >= 11 is 0. The predicted octanol–water partition coefficient (Wildman–Crippen LogP) is 1.84.